The van der Waals surface area contributed by atoms with Gasteiger partial charge in [0.1, 0.15) is 0 Å². The molecular weight excluding hydrogens is 138 g/mol. The Bertz CT molecular complexity index is 312. The van der Waals surface area contributed by atoms with Crippen LogP contribution < -0.4 is 0 Å². The highest BCUT2D eigenvalue weighted by atomic mass is 14.9. The first-order chi connectivity index (χ1) is 5.47. The molecule has 0 aliphatic heterocycles. The van der Waals surface area contributed by atoms with Gasteiger partial charge in [0, 0.05) is 18.0 Å². The standard InChI is InChI=1S/C8H6N3/c1-3-9-4-2-7(1)8-5-10-6-11-8/h1-5H,(H,10,11). The van der Waals surface area contributed by atoms with Crippen LogP contribution in [0.25, 0.3) is 11.3 Å². The normalized spacial score (nSPS) is 9.82. The Kier molecular flexibility index (Phi) is 1.41. The third kappa shape index (κ3) is 1.12. The Hall–Kier alpha value is -1.64. The number of aromatic nitrogens is 3. The summed E-state index contributed by atoms with van der Waals surface area (Å²) >= 11 is 0. The molecule has 0 amide bonds. The molecule has 0 saturated carbocycles. The topological polar surface area (TPSA) is 41.6 Å². The van der Waals surface area contributed by atoms with Crippen LogP contribution in [-0.2, 0) is 0 Å². The first-order valence-electron chi connectivity index (χ1n) is 3.28. The number of nitrogens with one attached hydrogen (secondary N) is 1. The monoisotopic (exact) mass is 144 g/mol. The van der Waals surface area contributed by atoms with Gasteiger partial charge in [-0.05, 0) is 12.1 Å². The average molecular weight is 144 g/mol. The van der Waals surface area contributed by atoms with Gasteiger partial charge >= 0.3 is 0 Å². The Morgan fingerprint density at radius 1 is 1.27 bits per heavy atom. The first-order valence-corrected chi connectivity index (χ1v) is 3.28. The molecule has 3 nitrogen and oxygen atoms in total. The molecule has 11 heavy (non-hydrogen) atoms. The van der Waals surface area contributed by atoms with E-state index in [-0.39, 0.29) is 0 Å². The number of rotatable bonds is 1. The number of pyridine rings is 1. The van der Waals surface area contributed by atoms with Gasteiger partial charge in [0.15, 0.2) is 6.33 Å². The summed E-state index contributed by atoms with van der Waals surface area (Å²) in [6.07, 6.45) is 7.86. The lowest BCUT2D eigenvalue weighted by atomic mass is 10.2. The highest BCUT2D eigenvalue weighted by Crippen LogP contribution is 2.12. The van der Waals surface area contributed by atoms with E-state index in [9.17, 15) is 0 Å². The Labute approximate surface area is 64.1 Å². The fourth-order valence-electron chi connectivity index (χ4n) is 0.900. The van der Waals surface area contributed by atoms with Crippen molar-refractivity contribution in [1.29, 1.82) is 0 Å². The van der Waals surface area contributed by atoms with E-state index in [1.54, 1.807) is 18.6 Å². The quantitative estimate of drug-likeness (QED) is 0.654. The molecule has 2 aromatic rings. The molecule has 2 aromatic heterocycles. The minimum Gasteiger partial charge on any atom is -0.335 e. The number of imidazole rings is 1. The molecule has 0 atom stereocenters. The Morgan fingerprint density at radius 2 is 2.09 bits per heavy atom. The molecule has 2 rings (SSSR count). The van der Waals surface area contributed by atoms with Gasteiger partial charge < -0.3 is 4.98 Å². The lowest BCUT2D eigenvalue weighted by Gasteiger charge is -1.92. The van der Waals surface area contributed by atoms with Crippen LogP contribution in [-0.4, -0.2) is 15.0 Å². The fraction of sp³-hybridized carbons (Fsp3) is 0. The molecule has 53 valence electrons. The molecule has 0 aliphatic carbocycles. The van der Waals surface area contributed by atoms with Crippen molar-refractivity contribution < 1.29 is 0 Å². The first kappa shape index (κ1) is 6.09. The van der Waals surface area contributed by atoms with Gasteiger partial charge in [0.05, 0.1) is 11.9 Å². The summed E-state index contributed by atoms with van der Waals surface area (Å²) in [7, 11) is 0. The molecule has 0 fully saturated rings. The second-order valence-electron chi connectivity index (χ2n) is 2.14. The minimum atomic E-state index is 0.965. The van der Waals surface area contributed by atoms with E-state index in [1.807, 2.05) is 12.1 Å². The van der Waals surface area contributed by atoms with E-state index in [2.05, 4.69) is 21.3 Å². The summed E-state index contributed by atoms with van der Waals surface area (Å²) in [5.41, 5.74) is 2.04. The minimum absolute atomic E-state index is 0.965. The zero-order valence-electron chi connectivity index (χ0n) is 5.78. The molecule has 0 bridgehead atoms. The fourth-order valence-corrected chi connectivity index (χ4v) is 0.900. The van der Waals surface area contributed by atoms with Crippen molar-refractivity contribution in [3.05, 3.63) is 37.1 Å². The molecule has 0 spiro atoms. The lowest BCUT2D eigenvalue weighted by Crippen LogP contribution is -1.76. The van der Waals surface area contributed by atoms with Gasteiger partial charge in [-0.2, -0.15) is 0 Å². The van der Waals surface area contributed by atoms with Crippen LogP contribution in [0.1, 0.15) is 0 Å². The van der Waals surface area contributed by atoms with Crippen molar-refractivity contribution in [1.82, 2.24) is 15.0 Å². The Balaban J connectivity index is 2.46. The second kappa shape index (κ2) is 2.54. The van der Waals surface area contributed by atoms with Crippen LogP contribution in [0.3, 0.4) is 0 Å². The maximum Gasteiger partial charge on any atom is 0.174 e. The van der Waals surface area contributed by atoms with E-state index in [1.165, 1.54) is 0 Å². The molecule has 0 unspecified atom stereocenters. The largest absolute Gasteiger partial charge is 0.335 e. The van der Waals surface area contributed by atoms with Gasteiger partial charge in [0.2, 0.25) is 0 Å². The molecule has 2 heterocycles. The highest BCUT2D eigenvalue weighted by molar-refractivity contribution is 5.56. The maximum atomic E-state index is 3.91. The van der Waals surface area contributed by atoms with E-state index in [4.69, 9.17) is 0 Å². The average Bonchev–Trinajstić information content (AvgIpc) is 2.58. The predicted molar refractivity (Wildman–Crippen MR) is 40.7 cm³/mol. The summed E-state index contributed by atoms with van der Waals surface area (Å²) in [4.78, 5) is 10.6. The van der Waals surface area contributed by atoms with Crippen LogP contribution >= 0.6 is 0 Å². The van der Waals surface area contributed by atoms with Gasteiger partial charge in [-0.3, -0.25) is 4.98 Å². The molecule has 0 aliphatic rings. The van der Waals surface area contributed by atoms with Crippen LogP contribution in [0, 0.1) is 6.33 Å². The summed E-state index contributed by atoms with van der Waals surface area (Å²) in [5, 5.41) is 0. The predicted octanol–water partition coefficient (Wildman–Crippen LogP) is 1.27. The van der Waals surface area contributed by atoms with Crippen molar-refractivity contribution >= 4 is 0 Å². The zero-order valence-corrected chi connectivity index (χ0v) is 5.78. The van der Waals surface area contributed by atoms with Gasteiger partial charge in [0.25, 0.3) is 0 Å². The van der Waals surface area contributed by atoms with Crippen molar-refractivity contribution in [2.24, 2.45) is 0 Å². The second-order valence-corrected chi connectivity index (χ2v) is 2.14. The number of hydrogen-bond acceptors (Lipinski definition) is 2. The molecule has 1 radical (unpaired) electrons. The third-order valence-electron chi connectivity index (χ3n) is 1.44. The third-order valence-corrected chi connectivity index (χ3v) is 1.44. The SMILES string of the molecule is [c]1ncc(-c2ccncc2)[nH]1. The zero-order chi connectivity index (χ0) is 7.52. The smallest absolute Gasteiger partial charge is 0.174 e. The molecule has 0 saturated heterocycles. The number of nitrogens with zero attached hydrogens (tertiary/aromatic N) is 2. The van der Waals surface area contributed by atoms with E-state index in [0.29, 0.717) is 0 Å². The lowest BCUT2D eigenvalue weighted by molar-refractivity contribution is 1.28. The van der Waals surface area contributed by atoms with E-state index < -0.39 is 0 Å². The molecule has 3 heteroatoms. The number of hydrogen-bond donors (Lipinski definition) is 1. The van der Waals surface area contributed by atoms with Crippen molar-refractivity contribution in [3.8, 4) is 11.3 Å². The molecule has 1 N–H and O–H groups in total. The number of aromatic amines is 1. The van der Waals surface area contributed by atoms with Gasteiger partial charge in [-0.1, -0.05) is 0 Å². The molecule has 0 aromatic carbocycles. The summed E-state index contributed by atoms with van der Waals surface area (Å²) in [6, 6.07) is 3.84. The summed E-state index contributed by atoms with van der Waals surface area (Å²) in [5.74, 6) is 0. The maximum absolute atomic E-state index is 3.91. The van der Waals surface area contributed by atoms with Crippen LogP contribution in [0.4, 0.5) is 0 Å². The summed E-state index contributed by atoms with van der Waals surface area (Å²) < 4.78 is 0. The van der Waals surface area contributed by atoms with Crippen molar-refractivity contribution in [2.45, 2.75) is 0 Å². The molecular formula is C8H6N3. The van der Waals surface area contributed by atoms with Crippen LogP contribution in [0.15, 0.2) is 30.7 Å². The number of H-pyrrole nitrogens is 1. The van der Waals surface area contributed by atoms with Gasteiger partial charge in [-0.25, -0.2) is 4.98 Å². The van der Waals surface area contributed by atoms with Crippen LogP contribution in [0.5, 0.6) is 0 Å². The highest BCUT2D eigenvalue weighted by Gasteiger charge is 1.95. The van der Waals surface area contributed by atoms with Crippen molar-refractivity contribution in [3.63, 3.8) is 0 Å². The van der Waals surface area contributed by atoms with E-state index in [0.717, 1.165) is 11.3 Å². The Morgan fingerprint density at radius 3 is 2.73 bits per heavy atom. The van der Waals surface area contributed by atoms with E-state index >= 15 is 0 Å². The van der Waals surface area contributed by atoms with Crippen molar-refractivity contribution in [2.75, 3.05) is 0 Å². The van der Waals surface area contributed by atoms with Gasteiger partial charge in [-0.15, -0.1) is 0 Å². The van der Waals surface area contributed by atoms with Crippen LogP contribution in [0.2, 0.25) is 0 Å². The summed E-state index contributed by atoms with van der Waals surface area (Å²) in [6.45, 7) is 0.